The molecule has 2 heterocycles. The quantitative estimate of drug-likeness (QED) is 0.449. The number of hydrogen-bond acceptors (Lipinski definition) is 7. The van der Waals surface area contributed by atoms with Crippen LogP contribution < -0.4 is 5.32 Å². The average molecular weight is 413 g/mol. The number of fused-ring (bicyclic) bond motifs is 1. The molecule has 1 aliphatic heterocycles. The number of para-hydroxylation sites is 1. The van der Waals surface area contributed by atoms with Crippen molar-refractivity contribution >= 4 is 39.2 Å². The van der Waals surface area contributed by atoms with E-state index in [1.807, 2.05) is 36.7 Å². The van der Waals surface area contributed by atoms with Crippen LogP contribution in [-0.4, -0.2) is 73.1 Å². The van der Waals surface area contributed by atoms with E-state index < -0.39 is 37.3 Å². The third-order valence-corrected chi connectivity index (χ3v) is 5.97. The van der Waals surface area contributed by atoms with Crippen molar-refractivity contribution < 1.29 is 25.2 Å². The number of rotatable bonds is 5. The first-order valence-corrected chi connectivity index (χ1v) is 10.3. The van der Waals surface area contributed by atoms with E-state index in [1.165, 1.54) is 11.8 Å². The molecule has 9 heteroatoms. The van der Waals surface area contributed by atoms with Gasteiger partial charge in [0.2, 0.25) is 0 Å². The van der Waals surface area contributed by atoms with E-state index in [4.69, 9.17) is 17.0 Å². The van der Waals surface area contributed by atoms with Gasteiger partial charge >= 0.3 is 0 Å². The summed E-state index contributed by atoms with van der Waals surface area (Å²) in [5, 5.41) is 44.2. The number of nitrogens with zero attached hydrogens (tertiary/aromatic N) is 1. The highest BCUT2D eigenvalue weighted by Gasteiger charge is 2.44. The van der Waals surface area contributed by atoms with E-state index in [0.717, 1.165) is 20.8 Å². The van der Waals surface area contributed by atoms with E-state index >= 15 is 0 Å². The minimum atomic E-state index is -1.41. The second-order valence-electron chi connectivity index (χ2n) is 6.47. The summed E-state index contributed by atoms with van der Waals surface area (Å²) in [6.07, 6.45) is -1.47. The normalized spacial score (nSPS) is 28.4. The van der Waals surface area contributed by atoms with Crippen molar-refractivity contribution in [1.29, 1.82) is 0 Å². The second kappa shape index (κ2) is 8.87. The van der Waals surface area contributed by atoms with E-state index in [1.54, 1.807) is 4.57 Å². The van der Waals surface area contributed by atoms with E-state index in [2.05, 4.69) is 5.32 Å². The molecule has 0 amide bonds. The minimum absolute atomic E-state index is 0.455. The van der Waals surface area contributed by atoms with Gasteiger partial charge in [-0.2, -0.15) is 0 Å². The topological polar surface area (TPSA) is 107 Å². The van der Waals surface area contributed by atoms with Crippen molar-refractivity contribution in [2.75, 3.05) is 19.4 Å². The van der Waals surface area contributed by atoms with Crippen molar-refractivity contribution in [2.24, 2.45) is 0 Å². The maximum absolute atomic E-state index is 10.5. The summed E-state index contributed by atoms with van der Waals surface area (Å²) < 4.78 is 8.19. The summed E-state index contributed by atoms with van der Waals surface area (Å²) in [4.78, 5) is 0. The maximum atomic E-state index is 10.5. The summed E-state index contributed by atoms with van der Waals surface area (Å²) in [6.45, 7) is 0.214. The van der Waals surface area contributed by atoms with Crippen LogP contribution >= 0.6 is 24.0 Å². The Morgan fingerprint density at radius 1 is 1.22 bits per heavy atom. The highest BCUT2D eigenvalue weighted by atomic mass is 32.2. The first-order valence-electron chi connectivity index (χ1n) is 8.68. The van der Waals surface area contributed by atoms with E-state index in [9.17, 15) is 20.4 Å². The average Bonchev–Trinajstić information content (AvgIpc) is 3.05. The molecule has 1 aromatic heterocycles. The number of ether oxygens (including phenoxy) is 1. The summed E-state index contributed by atoms with van der Waals surface area (Å²) in [6, 6.07) is 7.70. The Hall–Kier alpha value is -1.20. The highest BCUT2D eigenvalue weighted by molar-refractivity contribution is 8.22. The van der Waals surface area contributed by atoms with Gasteiger partial charge in [-0.3, -0.25) is 0 Å². The number of nitrogens with one attached hydrogen (secondary N) is 1. The van der Waals surface area contributed by atoms with Crippen LogP contribution in [0.15, 0.2) is 30.5 Å². The first kappa shape index (κ1) is 20.5. The van der Waals surface area contributed by atoms with Gasteiger partial charge in [0.1, 0.15) is 28.7 Å². The number of thioether (sulfide) groups is 1. The number of benzene rings is 1. The molecular formula is C18H24N2O5S2. The molecule has 1 saturated heterocycles. The minimum Gasteiger partial charge on any atom is -0.394 e. The Labute approximate surface area is 166 Å². The monoisotopic (exact) mass is 412 g/mol. The van der Waals surface area contributed by atoms with Crippen LogP contribution in [0.3, 0.4) is 0 Å². The van der Waals surface area contributed by atoms with Gasteiger partial charge in [-0.05, 0) is 24.3 Å². The van der Waals surface area contributed by atoms with Crippen molar-refractivity contribution in [1.82, 2.24) is 9.88 Å². The van der Waals surface area contributed by atoms with Crippen molar-refractivity contribution in [3.63, 3.8) is 0 Å². The molecule has 7 nitrogen and oxygen atoms in total. The van der Waals surface area contributed by atoms with Gasteiger partial charge in [0.05, 0.1) is 12.1 Å². The lowest BCUT2D eigenvalue weighted by molar-refractivity contribution is -0.250. The molecule has 1 fully saturated rings. The smallest absolute Gasteiger partial charge is 0.163 e. The summed E-state index contributed by atoms with van der Waals surface area (Å²) >= 11 is 6.64. The zero-order valence-corrected chi connectivity index (χ0v) is 16.5. The maximum Gasteiger partial charge on any atom is 0.163 e. The largest absolute Gasteiger partial charge is 0.394 e. The Morgan fingerprint density at radius 3 is 2.67 bits per heavy atom. The van der Waals surface area contributed by atoms with Gasteiger partial charge in [-0.25, -0.2) is 0 Å². The predicted octanol–water partition coefficient (Wildman–Crippen LogP) is 0.394. The molecule has 5 N–H and O–H groups in total. The molecule has 2 aromatic rings. The van der Waals surface area contributed by atoms with Gasteiger partial charge in [0.15, 0.2) is 6.23 Å². The zero-order chi connectivity index (χ0) is 19.6. The molecule has 0 radical (unpaired) electrons. The third-order valence-electron chi connectivity index (χ3n) is 4.81. The Balaban J connectivity index is 1.91. The molecule has 148 valence electrons. The molecule has 1 aliphatic rings. The van der Waals surface area contributed by atoms with Gasteiger partial charge in [-0.15, -0.1) is 11.8 Å². The van der Waals surface area contributed by atoms with Crippen LogP contribution in [0, 0.1) is 0 Å². The van der Waals surface area contributed by atoms with Crippen molar-refractivity contribution in [3.05, 3.63) is 36.0 Å². The van der Waals surface area contributed by atoms with Crippen LogP contribution in [-0.2, 0) is 11.2 Å². The van der Waals surface area contributed by atoms with Gasteiger partial charge in [-0.1, -0.05) is 30.4 Å². The molecule has 0 unspecified atom stereocenters. The van der Waals surface area contributed by atoms with Crippen LogP contribution in [0.25, 0.3) is 10.9 Å². The van der Waals surface area contributed by atoms with Crippen LogP contribution in [0.2, 0.25) is 0 Å². The van der Waals surface area contributed by atoms with Crippen molar-refractivity contribution in [3.8, 4) is 0 Å². The van der Waals surface area contributed by atoms with Crippen LogP contribution in [0.4, 0.5) is 0 Å². The summed E-state index contributed by atoms with van der Waals surface area (Å²) in [5.74, 6) is 0. The molecule has 0 bridgehead atoms. The number of thiocarbonyl (C=S) groups is 1. The standard InChI is InChI=1S/C18H24N2O5S2/c1-27-18(26)19-7-6-10-8-20(12-5-3-2-4-11(10)12)17-16(24)15(23)14(22)13(9-21)25-17/h2-5,8,13-17,21-24H,6-7,9H2,1H3,(H,19,26)/t13-,14-,15+,16-,17-/m1/s1. The molecule has 0 spiro atoms. The Morgan fingerprint density at radius 2 is 1.96 bits per heavy atom. The number of aromatic nitrogens is 1. The van der Waals surface area contributed by atoms with Gasteiger partial charge in [0, 0.05) is 18.1 Å². The molecular weight excluding hydrogens is 388 g/mol. The molecule has 0 saturated carbocycles. The zero-order valence-electron chi connectivity index (χ0n) is 14.9. The first-order chi connectivity index (χ1) is 13.0. The number of hydrogen-bond donors (Lipinski definition) is 5. The van der Waals surface area contributed by atoms with Crippen LogP contribution in [0.1, 0.15) is 11.8 Å². The van der Waals surface area contributed by atoms with Gasteiger partial charge < -0.3 is 35.0 Å². The van der Waals surface area contributed by atoms with E-state index in [0.29, 0.717) is 13.0 Å². The Kier molecular flexibility index (Phi) is 6.74. The van der Waals surface area contributed by atoms with E-state index in [-0.39, 0.29) is 0 Å². The summed E-state index contributed by atoms with van der Waals surface area (Å²) in [5.41, 5.74) is 1.88. The molecule has 5 atom stereocenters. The molecule has 0 aliphatic carbocycles. The fraction of sp³-hybridized carbons (Fsp3) is 0.500. The predicted molar refractivity (Wildman–Crippen MR) is 109 cm³/mol. The Bertz CT molecular complexity index is 797. The second-order valence-corrected chi connectivity index (χ2v) is 7.95. The van der Waals surface area contributed by atoms with Crippen molar-refractivity contribution in [2.45, 2.75) is 37.1 Å². The third kappa shape index (κ3) is 4.14. The lowest BCUT2D eigenvalue weighted by Gasteiger charge is -2.40. The van der Waals surface area contributed by atoms with Crippen LogP contribution in [0.5, 0.6) is 0 Å². The van der Waals surface area contributed by atoms with Gasteiger partial charge in [0.25, 0.3) is 0 Å². The lowest BCUT2D eigenvalue weighted by Crippen LogP contribution is -2.56. The molecule has 1 aromatic carbocycles. The SMILES string of the molecule is CSC(=S)NCCc1cn([C@@H]2O[C@H](CO)[C@@H](O)[C@H](O)[C@H]2O)c2ccccc12. The number of aliphatic hydroxyl groups is 4. The summed E-state index contributed by atoms with van der Waals surface area (Å²) in [7, 11) is 0. The fourth-order valence-electron chi connectivity index (χ4n) is 3.37. The fourth-order valence-corrected chi connectivity index (χ4v) is 3.72. The number of aliphatic hydroxyl groups excluding tert-OH is 4. The molecule has 27 heavy (non-hydrogen) atoms. The lowest BCUT2D eigenvalue weighted by atomic mass is 9.98. The highest BCUT2D eigenvalue weighted by Crippen LogP contribution is 2.33. The molecule has 3 rings (SSSR count).